The van der Waals surface area contributed by atoms with E-state index in [-0.39, 0.29) is 5.91 Å². The highest BCUT2D eigenvalue weighted by Gasteiger charge is 2.20. The first kappa shape index (κ1) is 21.5. The molecule has 1 aromatic carbocycles. The van der Waals surface area contributed by atoms with E-state index >= 15 is 0 Å². The van der Waals surface area contributed by atoms with Gasteiger partial charge in [0.25, 0.3) is 5.91 Å². The van der Waals surface area contributed by atoms with Crippen LogP contribution in [0.15, 0.2) is 48.0 Å². The molecule has 2 aliphatic rings. The normalized spacial score (nSPS) is 16.9. The Morgan fingerprint density at radius 2 is 1.62 bits per heavy atom. The first-order valence-electron chi connectivity index (χ1n) is 11.6. The van der Waals surface area contributed by atoms with Gasteiger partial charge < -0.3 is 9.80 Å². The molecule has 6 heteroatoms. The summed E-state index contributed by atoms with van der Waals surface area (Å²) in [5.74, 6) is 1.15. The molecule has 2 fully saturated rings. The third-order valence-corrected chi connectivity index (χ3v) is 7.77. The fourth-order valence-corrected chi connectivity index (χ4v) is 5.85. The predicted molar refractivity (Wildman–Crippen MR) is 134 cm³/mol. The highest BCUT2D eigenvalue weighted by Crippen LogP contribution is 2.37. The Morgan fingerprint density at radius 3 is 2.38 bits per heavy atom. The Morgan fingerprint density at radius 1 is 0.875 bits per heavy atom. The van der Waals surface area contributed by atoms with Gasteiger partial charge in [-0.25, -0.2) is 4.98 Å². The van der Waals surface area contributed by atoms with Gasteiger partial charge in [0, 0.05) is 53.4 Å². The number of amides is 1. The Bertz CT molecular complexity index is 1100. The highest BCUT2D eigenvalue weighted by atomic mass is 35.5. The molecule has 4 heterocycles. The largest absolute Gasteiger partial charge is 0.357 e. The van der Waals surface area contributed by atoms with Crippen molar-refractivity contribution in [3.05, 3.63) is 58.6 Å². The molecule has 32 heavy (non-hydrogen) atoms. The minimum absolute atomic E-state index is 0.0891. The molecular formula is C26H28ClN3OS. The molecule has 0 saturated carbocycles. The van der Waals surface area contributed by atoms with Crippen LogP contribution in [0.1, 0.15) is 48.9 Å². The predicted octanol–water partition coefficient (Wildman–Crippen LogP) is 6.75. The lowest BCUT2D eigenvalue weighted by Gasteiger charge is -2.27. The molecule has 2 saturated heterocycles. The van der Waals surface area contributed by atoms with Crippen molar-refractivity contribution in [1.29, 1.82) is 0 Å². The second kappa shape index (κ2) is 9.63. The maximum absolute atomic E-state index is 12.8. The molecule has 2 aromatic heterocycles. The quantitative estimate of drug-likeness (QED) is 0.427. The van der Waals surface area contributed by atoms with Gasteiger partial charge in [-0.2, -0.15) is 0 Å². The summed E-state index contributed by atoms with van der Waals surface area (Å²) in [6, 6.07) is 12.2. The number of hydrogen-bond donors (Lipinski definition) is 0. The molecule has 0 aliphatic carbocycles. The van der Waals surface area contributed by atoms with Gasteiger partial charge in [-0.3, -0.25) is 4.79 Å². The van der Waals surface area contributed by atoms with Gasteiger partial charge in [0.1, 0.15) is 5.82 Å². The van der Waals surface area contributed by atoms with E-state index in [1.54, 1.807) is 11.3 Å². The molecule has 4 nitrogen and oxygen atoms in total. The number of benzene rings is 1. The first-order valence-corrected chi connectivity index (χ1v) is 12.8. The van der Waals surface area contributed by atoms with E-state index in [0.29, 0.717) is 10.6 Å². The summed E-state index contributed by atoms with van der Waals surface area (Å²) >= 11 is 8.36. The minimum atomic E-state index is 0.0891. The maximum atomic E-state index is 12.8. The van der Waals surface area contributed by atoms with Crippen molar-refractivity contribution in [1.82, 2.24) is 9.88 Å². The van der Waals surface area contributed by atoms with Crippen molar-refractivity contribution >= 4 is 34.7 Å². The molecule has 0 unspecified atom stereocenters. The molecule has 0 bridgehead atoms. The summed E-state index contributed by atoms with van der Waals surface area (Å²) in [6.45, 7) is 3.86. The van der Waals surface area contributed by atoms with Gasteiger partial charge >= 0.3 is 0 Å². The second-order valence-corrected chi connectivity index (χ2v) is 10.0. The van der Waals surface area contributed by atoms with Crippen LogP contribution in [0.25, 0.3) is 21.6 Å². The zero-order valence-corrected chi connectivity index (χ0v) is 19.8. The number of carbonyl (C=O) groups is 1. The molecular weight excluding hydrogens is 438 g/mol. The van der Waals surface area contributed by atoms with E-state index in [0.717, 1.165) is 56.0 Å². The summed E-state index contributed by atoms with van der Waals surface area (Å²) in [4.78, 5) is 22.9. The lowest BCUT2D eigenvalue weighted by Crippen LogP contribution is -2.35. The van der Waals surface area contributed by atoms with Gasteiger partial charge in [-0.1, -0.05) is 17.7 Å². The third kappa shape index (κ3) is 4.55. The average molecular weight is 466 g/mol. The summed E-state index contributed by atoms with van der Waals surface area (Å²) in [5.41, 5.74) is 3.92. The van der Waals surface area contributed by atoms with Crippen LogP contribution < -0.4 is 4.90 Å². The number of piperidine rings is 2. The number of nitrogens with zero attached hydrogens (tertiary/aromatic N) is 3. The van der Waals surface area contributed by atoms with E-state index < -0.39 is 0 Å². The Hall–Kier alpha value is -2.37. The second-order valence-electron chi connectivity index (χ2n) is 8.70. The summed E-state index contributed by atoms with van der Waals surface area (Å²) in [6.07, 6.45) is 9.09. The van der Waals surface area contributed by atoms with Crippen molar-refractivity contribution in [2.24, 2.45) is 0 Å². The Labute approximate surface area is 198 Å². The lowest BCUT2D eigenvalue weighted by molar-refractivity contribution is 0.0724. The molecule has 1 amide bonds. The Balaban J connectivity index is 1.36. The van der Waals surface area contributed by atoms with E-state index in [4.69, 9.17) is 11.6 Å². The molecule has 0 spiro atoms. The van der Waals surface area contributed by atoms with Crippen molar-refractivity contribution in [2.75, 3.05) is 31.1 Å². The average Bonchev–Trinajstić information content (AvgIpc) is 3.35. The fraction of sp³-hybridized carbons (Fsp3) is 0.385. The van der Waals surface area contributed by atoms with Gasteiger partial charge in [0.2, 0.25) is 0 Å². The molecule has 166 valence electrons. The number of carbonyl (C=O) groups excluding carboxylic acids is 1. The molecule has 0 radical (unpaired) electrons. The monoisotopic (exact) mass is 465 g/mol. The number of likely N-dealkylation sites (tertiary alicyclic amines) is 1. The SMILES string of the molecule is O=C(c1ccc(-c2csc(-c3ccnc(N4CCCCC4)c3)c2)c(Cl)c1)N1CCCCC1. The topological polar surface area (TPSA) is 36.4 Å². The molecule has 2 aliphatic heterocycles. The Kier molecular flexibility index (Phi) is 6.47. The van der Waals surface area contributed by atoms with Gasteiger partial charge in [0.05, 0.1) is 0 Å². The van der Waals surface area contributed by atoms with Gasteiger partial charge in [-0.05, 0) is 85.4 Å². The number of halogens is 1. The van der Waals surface area contributed by atoms with E-state index in [2.05, 4.69) is 33.5 Å². The van der Waals surface area contributed by atoms with Crippen LogP contribution in [0.3, 0.4) is 0 Å². The summed E-state index contributed by atoms with van der Waals surface area (Å²) < 4.78 is 0. The van der Waals surface area contributed by atoms with Crippen molar-refractivity contribution in [2.45, 2.75) is 38.5 Å². The molecule has 3 aromatic rings. The zero-order chi connectivity index (χ0) is 21.9. The zero-order valence-electron chi connectivity index (χ0n) is 18.2. The van der Waals surface area contributed by atoms with Crippen LogP contribution in [0.2, 0.25) is 5.02 Å². The number of aromatic nitrogens is 1. The fourth-order valence-electron chi connectivity index (χ4n) is 4.66. The minimum Gasteiger partial charge on any atom is -0.357 e. The molecule has 0 N–H and O–H groups in total. The van der Waals surface area contributed by atoms with Crippen LogP contribution in [0.4, 0.5) is 5.82 Å². The van der Waals surface area contributed by atoms with Crippen molar-refractivity contribution < 1.29 is 4.79 Å². The maximum Gasteiger partial charge on any atom is 0.253 e. The van der Waals surface area contributed by atoms with Crippen LogP contribution in [0.5, 0.6) is 0 Å². The van der Waals surface area contributed by atoms with Crippen molar-refractivity contribution in [3.8, 4) is 21.6 Å². The third-order valence-electron chi connectivity index (χ3n) is 6.48. The molecule has 0 atom stereocenters. The standard InChI is InChI=1S/C26H28ClN3OS/c27-23-15-20(26(31)30-13-5-2-6-14-30)7-8-22(23)21-16-24(32-18-21)19-9-10-28-25(17-19)29-11-3-1-4-12-29/h7-10,15-18H,1-6,11-14H2. The van der Waals surface area contributed by atoms with Crippen LogP contribution >= 0.6 is 22.9 Å². The molecule has 5 rings (SSSR count). The van der Waals surface area contributed by atoms with E-state index in [1.807, 2.05) is 29.3 Å². The van der Waals surface area contributed by atoms with Crippen LogP contribution in [-0.4, -0.2) is 42.0 Å². The van der Waals surface area contributed by atoms with E-state index in [1.165, 1.54) is 36.1 Å². The van der Waals surface area contributed by atoms with Crippen LogP contribution in [0, 0.1) is 0 Å². The van der Waals surface area contributed by atoms with Crippen LogP contribution in [-0.2, 0) is 0 Å². The first-order chi connectivity index (χ1) is 15.7. The summed E-state index contributed by atoms with van der Waals surface area (Å²) in [7, 11) is 0. The number of hydrogen-bond acceptors (Lipinski definition) is 4. The smallest absolute Gasteiger partial charge is 0.253 e. The van der Waals surface area contributed by atoms with Gasteiger partial charge in [0.15, 0.2) is 0 Å². The summed E-state index contributed by atoms with van der Waals surface area (Å²) in [5, 5.41) is 2.77. The number of thiophene rings is 1. The highest BCUT2D eigenvalue weighted by molar-refractivity contribution is 7.14. The lowest BCUT2D eigenvalue weighted by atomic mass is 10.0. The number of pyridine rings is 1. The number of rotatable bonds is 4. The number of anilines is 1. The van der Waals surface area contributed by atoms with E-state index in [9.17, 15) is 4.79 Å². The van der Waals surface area contributed by atoms with Gasteiger partial charge in [-0.15, -0.1) is 11.3 Å². The van der Waals surface area contributed by atoms with Crippen molar-refractivity contribution in [3.63, 3.8) is 0 Å².